The molecule has 0 saturated heterocycles. The first-order valence-corrected chi connectivity index (χ1v) is 6.77. The Bertz CT molecular complexity index is 634. The predicted octanol–water partition coefficient (Wildman–Crippen LogP) is 0.715. The number of carbonyl (C=O) groups excluding carboxylic acids is 1. The molecular formula is C9H6INO7S. The number of benzene rings is 1. The van der Waals surface area contributed by atoms with E-state index in [2.05, 4.69) is 4.40 Å². The SMILES string of the molecule is O=C=NS(=O)(=O)c1cc(I)ccc1C(=O)O.O=CO. The van der Waals surface area contributed by atoms with Crippen molar-refractivity contribution < 1.29 is 33.0 Å². The Balaban J connectivity index is 0.000000982. The van der Waals surface area contributed by atoms with Gasteiger partial charge in [0.05, 0.1) is 5.56 Å². The molecule has 0 aromatic heterocycles. The summed E-state index contributed by atoms with van der Waals surface area (Å²) in [5, 5.41) is 15.7. The summed E-state index contributed by atoms with van der Waals surface area (Å²) in [6.07, 6.45) is 0.884. The van der Waals surface area contributed by atoms with Crippen molar-refractivity contribution in [3.63, 3.8) is 0 Å². The molecule has 0 saturated carbocycles. The van der Waals surface area contributed by atoms with Gasteiger partial charge >= 0.3 is 5.97 Å². The summed E-state index contributed by atoms with van der Waals surface area (Å²) >= 11 is 1.82. The quantitative estimate of drug-likeness (QED) is 0.331. The van der Waals surface area contributed by atoms with E-state index < -0.39 is 26.5 Å². The van der Waals surface area contributed by atoms with Crippen molar-refractivity contribution in [1.29, 1.82) is 0 Å². The van der Waals surface area contributed by atoms with Crippen LogP contribution in [0.1, 0.15) is 10.4 Å². The smallest absolute Gasteiger partial charge is 0.337 e. The molecule has 0 aliphatic rings. The highest BCUT2D eigenvalue weighted by Gasteiger charge is 2.22. The Hall–Kier alpha value is -1.78. The van der Waals surface area contributed by atoms with E-state index in [4.69, 9.17) is 15.0 Å². The average Bonchev–Trinajstić information content (AvgIpc) is 2.29. The zero-order chi connectivity index (χ0) is 15.1. The van der Waals surface area contributed by atoms with Crippen LogP contribution < -0.4 is 0 Å². The van der Waals surface area contributed by atoms with Crippen molar-refractivity contribution in [3.8, 4) is 0 Å². The molecule has 0 heterocycles. The minimum absolute atomic E-state index is 0.250. The van der Waals surface area contributed by atoms with E-state index in [0.29, 0.717) is 3.57 Å². The standard InChI is InChI=1S/C8H4INO5S.CH2O2/c9-5-1-2-6(8(12)13)7(3-5)16(14,15)10-4-11;2-1-3/h1-3H,(H,12,13);1H,(H,2,3). The topological polar surface area (TPSA) is 138 Å². The van der Waals surface area contributed by atoms with E-state index in [9.17, 15) is 18.0 Å². The molecule has 0 spiro atoms. The van der Waals surface area contributed by atoms with Crippen molar-refractivity contribution in [1.82, 2.24) is 0 Å². The molecule has 0 aliphatic carbocycles. The fourth-order valence-electron chi connectivity index (χ4n) is 0.985. The van der Waals surface area contributed by atoms with Gasteiger partial charge in [-0.2, -0.15) is 8.42 Å². The first kappa shape index (κ1) is 17.2. The number of carboxylic acid groups (broad SMARTS) is 2. The summed E-state index contributed by atoms with van der Waals surface area (Å²) in [4.78, 5) is 28.6. The van der Waals surface area contributed by atoms with E-state index in [1.807, 2.05) is 22.6 Å². The predicted molar refractivity (Wildman–Crippen MR) is 70.1 cm³/mol. The maximum atomic E-state index is 11.4. The van der Waals surface area contributed by atoms with Crippen LogP contribution in [-0.4, -0.2) is 37.2 Å². The van der Waals surface area contributed by atoms with Crippen LogP contribution in [-0.2, 0) is 19.6 Å². The highest BCUT2D eigenvalue weighted by Crippen LogP contribution is 2.20. The summed E-state index contributed by atoms with van der Waals surface area (Å²) in [5.74, 6) is -1.41. The summed E-state index contributed by atoms with van der Waals surface area (Å²) in [6, 6.07) is 3.70. The van der Waals surface area contributed by atoms with Gasteiger partial charge in [0, 0.05) is 3.57 Å². The van der Waals surface area contributed by atoms with Gasteiger partial charge in [-0.1, -0.05) is 4.40 Å². The normalized spacial score (nSPS) is 9.53. The second-order valence-electron chi connectivity index (χ2n) is 2.71. The highest BCUT2D eigenvalue weighted by atomic mass is 127. The van der Waals surface area contributed by atoms with Crippen LogP contribution in [0.4, 0.5) is 0 Å². The van der Waals surface area contributed by atoms with Crippen molar-refractivity contribution in [2.75, 3.05) is 0 Å². The van der Waals surface area contributed by atoms with Crippen LogP contribution in [0.2, 0.25) is 0 Å². The Morgan fingerprint density at radius 2 is 1.95 bits per heavy atom. The number of hydrogen-bond donors (Lipinski definition) is 2. The van der Waals surface area contributed by atoms with Crippen LogP contribution in [0.15, 0.2) is 27.5 Å². The molecule has 0 radical (unpaired) electrons. The number of nitrogens with zero attached hydrogens (tertiary/aromatic N) is 1. The molecule has 1 rings (SSSR count). The molecule has 0 fully saturated rings. The fourth-order valence-corrected chi connectivity index (χ4v) is 2.59. The van der Waals surface area contributed by atoms with Gasteiger partial charge in [0.15, 0.2) is 0 Å². The maximum Gasteiger partial charge on any atom is 0.337 e. The lowest BCUT2D eigenvalue weighted by atomic mass is 10.2. The number of sulfonamides is 1. The Morgan fingerprint density at radius 1 is 1.42 bits per heavy atom. The number of rotatable bonds is 3. The second-order valence-corrected chi connectivity index (χ2v) is 5.53. The molecule has 102 valence electrons. The lowest BCUT2D eigenvalue weighted by Gasteiger charge is -2.02. The van der Waals surface area contributed by atoms with Gasteiger partial charge in [-0.25, -0.2) is 9.59 Å². The number of hydrogen-bond acceptors (Lipinski definition) is 5. The minimum atomic E-state index is -4.29. The van der Waals surface area contributed by atoms with Crippen molar-refractivity contribution in [2.45, 2.75) is 4.90 Å². The molecule has 0 amide bonds. The second kappa shape index (κ2) is 7.61. The van der Waals surface area contributed by atoms with Crippen LogP contribution in [0.5, 0.6) is 0 Å². The van der Waals surface area contributed by atoms with Crippen LogP contribution in [0.3, 0.4) is 0 Å². The van der Waals surface area contributed by atoms with E-state index in [0.717, 1.165) is 18.2 Å². The summed E-state index contributed by atoms with van der Waals surface area (Å²) in [5.41, 5.74) is -0.431. The summed E-state index contributed by atoms with van der Waals surface area (Å²) in [7, 11) is -4.29. The number of isocyanates is 1. The molecule has 2 N–H and O–H groups in total. The molecule has 0 aliphatic heterocycles. The van der Waals surface area contributed by atoms with E-state index >= 15 is 0 Å². The zero-order valence-corrected chi connectivity index (χ0v) is 12.0. The Morgan fingerprint density at radius 3 is 2.37 bits per heavy atom. The van der Waals surface area contributed by atoms with Gasteiger partial charge in [-0.15, -0.1) is 0 Å². The molecule has 19 heavy (non-hydrogen) atoms. The number of carboxylic acids is 1. The van der Waals surface area contributed by atoms with Gasteiger partial charge in [-0.3, -0.25) is 4.79 Å². The van der Waals surface area contributed by atoms with Crippen LogP contribution in [0.25, 0.3) is 0 Å². The molecule has 10 heteroatoms. The van der Waals surface area contributed by atoms with Gasteiger partial charge < -0.3 is 10.2 Å². The lowest BCUT2D eigenvalue weighted by molar-refractivity contribution is -0.122. The molecule has 0 atom stereocenters. The third-order valence-corrected chi connectivity index (χ3v) is 3.49. The van der Waals surface area contributed by atoms with Crippen LogP contribution >= 0.6 is 22.6 Å². The van der Waals surface area contributed by atoms with Gasteiger partial charge in [0.1, 0.15) is 4.90 Å². The number of halogens is 1. The average molecular weight is 399 g/mol. The molecule has 1 aromatic carbocycles. The zero-order valence-electron chi connectivity index (χ0n) is 8.98. The fraction of sp³-hybridized carbons (Fsp3) is 0. The van der Waals surface area contributed by atoms with Crippen molar-refractivity contribution >= 4 is 51.1 Å². The Labute approximate surface area is 121 Å². The monoisotopic (exact) mass is 399 g/mol. The summed E-state index contributed by atoms with van der Waals surface area (Å²) in [6.45, 7) is -0.250. The first-order chi connectivity index (χ1) is 8.80. The maximum absolute atomic E-state index is 11.4. The van der Waals surface area contributed by atoms with Gasteiger partial charge in [0.2, 0.25) is 0 Å². The van der Waals surface area contributed by atoms with Crippen LogP contribution in [0, 0.1) is 3.57 Å². The molecule has 0 bridgehead atoms. The Kier molecular flexibility index (Phi) is 6.90. The highest BCUT2D eigenvalue weighted by molar-refractivity contribution is 14.1. The van der Waals surface area contributed by atoms with Gasteiger partial charge in [0.25, 0.3) is 22.6 Å². The number of aromatic carboxylic acids is 1. The van der Waals surface area contributed by atoms with E-state index in [1.54, 1.807) is 0 Å². The molecule has 1 aromatic rings. The summed E-state index contributed by atoms with van der Waals surface area (Å²) < 4.78 is 26.0. The van der Waals surface area contributed by atoms with Crippen molar-refractivity contribution in [2.24, 2.45) is 4.40 Å². The van der Waals surface area contributed by atoms with E-state index in [-0.39, 0.29) is 6.47 Å². The molecular weight excluding hydrogens is 393 g/mol. The number of carbonyl (C=O) groups is 2. The van der Waals surface area contributed by atoms with E-state index in [1.165, 1.54) is 6.07 Å². The minimum Gasteiger partial charge on any atom is -0.483 e. The third-order valence-electron chi connectivity index (χ3n) is 1.61. The lowest BCUT2D eigenvalue weighted by Crippen LogP contribution is -2.07. The van der Waals surface area contributed by atoms with Gasteiger partial charge in [-0.05, 0) is 40.8 Å². The third kappa shape index (κ3) is 5.16. The molecule has 0 unspecified atom stereocenters. The van der Waals surface area contributed by atoms with Crippen molar-refractivity contribution in [3.05, 3.63) is 27.3 Å². The largest absolute Gasteiger partial charge is 0.483 e. The first-order valence-electron chi connectivity index (χ1n) is 4.25. The molecule has 8 nitrogen and oxygen atoms in total.